The minimum Gasteiger partial charge on any atom is -0.469 e. The molecule has 3 nitrogen and oxygen atoms in total. The summed E-state index contributed by atoms with van der Waals surface area (Å²) < 4.78 is 4.69. The Bertz CT molecular complexity index is 303. The number of carbonyl (C=O) groups is 1. The summed E-state index contributed by atoms with van der Waals surface area (Å²) in [6, 6.07) is 2.21. The molecular weight excluding hydrogens is 166 g/mol. The maximum Gasteiger partial charge on any atom is 0.310 e. The Morgan fingerprint density at radius 2 is 2.23 bits per heavy atom. The molecule has 0 saturated heterocycles. The van der Waals surface area contributed by atoms with Gasteiger partial charge in [-0.15, -0.1) is 0 Å². The number of esters is 1. The van der Waals surface area contributed by atoms with E-state index in [0.717, 1.165) is 6.42 Å². The van der Waals surface area contributed by atoms with Gasteiger partial charge in [-0.2, -0.15) is 5.26 Å². The molecule has 2 aliphatic rings. The summed E-state index contributed by atoms with van der Waals surface area (Å²) in [6.45, 7) is 0. The quantitative estimate of drug-likeness (QED) is 0.445. The van der Waals surface area contributed by atoms with Gasteiger partial charge in [-0.05, 0) is 18.3 Å². The minimum atomic E-state index is -0.233. The van der Waals surface area contributed by atoms with E-state index in [1.54, 1.807) is 0 Å². The molecule has 0 radical (unpaired) electrons. The first-order valence-electron chi connectivity index (χ1n) is 4.43. The molecular formula is C10H11NO2. The summed E-state index contributed by atoms with van der Waals surface area (Å²) in [5.74, 6) is -0.1000. The molecule has 2 aliphatic carbocycles. The standard InChI is InChI=1S/C10H11NO2/c1-13-10(12)9-7-3-2-6(4-7)8(9)5-11/h2-3,6-9H,4H2,1H3/t6-,7+,8+,9-/m0/s1. The predicted octanol–water partition coefficient (Wildman–Crippen LogP) is 1.12. The molecule has 68 valence electrons. The van der Waals surface area contributed by atoms with Crippen molar-refractivity contribution in [3.63, 3.8) is 0 Å². The van der Waals surface area contributed by atoms with Crippen molar-refractivity contribution < 1.29 is 9.53 Å². The van der Waals surface area contributed by atoms with Gasteiger partial charge in [-0.3, -0.25) is 4.79 Å². The van der Waals surface area contributed by atoms with Crippen molar-refractivity contribution in [2.45, 2.75) is 6.42 Å². The van der Waals surface area contributed by atoms with Crippen LogP contribution < -0.4 is 0 Å². The Hall–Kier alpha value is -1.30. The van der Waals surface area contributed by atoms with Crippen molar-refractivity contribution in [1.29, 1.82) is 5.26 Å². The van der Waals surface area contributed by atoms with Crippen LogP contribution in [0.15, 0.2) is 12.2 Å². The monoisotopic (exact) mass is 177 g/mol. The molecule has 0 heterocycles. The topological polar surface area (TPSA) is 50.1 Å². The molecule has 0 aromatic heterocycles. The number of nitrogens with zero attached hydrogens (tertiary/aromatic N) is 1. The number of ether oxygens (including phenoxy) is 1. The zero-order chi connectivity index (χ0) is 9.42. The largest absolute Gasteiger partial charge is 0.469 e. The van der Waals surface area contributed by atoms with Crippen LogP contribution in [0.3, 0.4) is 0 Å². The summed E-state index contributed by atoms with van der Waals surface area (Å²) in [5.41, 5.74) is 0. The molecule has 0 aliphatic heterocycles. The number of nitriles is 1. The van der Waals surface area contributed by atoms with Gasteiger partial charge >= 0.3 is 5.97 Å². The van der Waals surface area contributed by atoms with Gasteiger partial charge in [0.2, 0.25) is 0 Å². The maximum atomic E-state index is 11.4. The van der Waals surface area contributed by atoms with Gasteiger partial charge in [-0.25, -0.2) is 0 Å². The minimum absolute atomic E-state index is 0.164. The molecule has 2 bridgehead atoms. The highest BCUT2D eigenvalue weighted by molar-refractivity contribution is 5.75. The Balaban J connectivity index is 2.24. The molecule has 1 saturated carbocycles. The van der Waals surface area contributed by atoms with Crippen molar-refractivity contribution in [3.8, 4) is 6.07 Å². The SMILES string of the molecule is COC(=O)[C@@H]1[C@H](C#N)[C@H]2C=C[C@@H]1C2. The Morgan fingerprint density at radius 3 is 2.85 bits per heavy atom. The van der Waals surface area contributed by atoms with Gasteiger partial charge in [0.15, 0.2) is 0 Å². The average molecular weight is 177 g/mol. The maximum absolute atomic E-state index is 11.4. The summed E-state index contributed by atoms with van der Waals surface area (Å²) in [7, 11) is 1.38. The van der Waals surface area contributed by atoms with E-state index in [1.165, 1.54) is 7.11 Å². The Kier molecular flexibility index (Phi) is 1.84. The number of rotatable bonds is 1. The number of hydrogen-bond acceptors (Lipinski definition) is 3. The lowest BCUT2D eigenvalue weighted by molar-refractivity contribution is -0.147. The summed E-state index contributed by atoms with van der Waals surface area (Å²) in [5, 5.41) is 8.91. The molecule has 0 amide bonds. The highest BCUT2D eigenvalue weighted by atomic mass is 16.5. The second-order valence-electron chi connectivity index (χ2n) is 3.65. The lowest BCUT2D eigenvalue weighted by Crippen LogP contribution is -2.27. The van der Waals surface area contributed by atoms with E-state index in [-0.39, 0.29) is 29.6 Å². The van der Waals surface area contributed by atoms with Crippen LogP contribution in [0.4, 0.5) is 0 Å². The first-order chi connectivity index (χ1) is 6.27. The van der Waals surface area contributed by atoms with Crippen LogP contribution >= 0.6 is 0 Å². The van der Waals surface area contributed by atoms with E-state index in [0.29, 0.717) is 0 Å². The van der Waals surface area contributed by atoms with Crippen LogP contribution in [0.2, 0.25) is 0 Å². The molecule has 13 heavy (non-hydrogen) atoms. The van der Waals surface area contributed by atoms with Crippen LogP contribution in [0, 0.1) is 35.0 Å². The summed E-state index contributed by atoms with van der Waals surface area (Å²) in [4.78, 5) is 11.4. The third-order valence-corrected chi connectivity index (χ3v) is 3.08. The number of allylic oxidation sites excluding steroid dienone is 2. The molecule has 0 unspecified atom stereocenters. The molecule has 1 fully saturated rings. The normalized spacial score (nSPS) is 40.3. The van der Waals surface area contributed by atoms with Crippen LogP contribution in [0.1, 0.15) is 6.42 Å². The van der Waals surface area contributed by atoms with Crippen molar-refractivity contribution >= 4 is 5.97 Å². The van der Waals surface area contributed by atoms with Gasteiger partial charge in [0, 0.05) is 0 Å². The summed E-state index contributed by atoms with van der Waals surface area (Å²) in [6.07, 6.45) is 5.04. The fraction of sp³-hybridized carbons (Fsp3) is 0.600. The highest BCUT2D eigenvalue weighted by Gasteiger charge is 2.48. The number of hydrogen-bond donors (Lipinski definition) is 0. The van der Waals surface area contributed by atoms with Gasteiger partial charge in [-0.1, -0.05) is 12.2 Å². The zero-order valence-corrected chi connectivity index (χ0v) is 7.43. The van der Waals surface area contributed by atoms with Gasteiger partial charge < -0.3 is 4.74 Å². The van der Waals surface area contributed by atoms with Gasteiger partial charge in [0.05, 0.1) is 25.0 Å². The highest BCUT2D eigenvalue weighted by Crippen LogP contribution is 2.47. The van der Waals surface area contributed by atoms with Gasteiger partial charge in [0.1, 0.15) is 0 Å². The van der Waals surface area contributed by atoms with E-state index in [4.69, 9.17) is 10.00 Å². The molecule has 3 heteroatoms. The molecule has 2 rings (SSSR count). The van der Waals surface area contributed by atoms with Crippen molar-refractivity contribution in [3.05, 3.63) is 12.2 Å². The fourth-order valence-electron chi connectivity index (χ4n) is 2.46. The zero-order valence-electron chi connectivity index (χ0n) is 7.43. The molecule has 0 aromatic carbocycles. The second-order valence-corrected chi connectivity index (χ2v) is 3.65. The molecule has 0 aromatic rings. The number of carbonyl (C=O) groups excluding carboxylic acids is 1. The Labute approximate surface area is 77.0 Å². The first kappa shape index (κ1) is 8.31. The first-order valence-corrected chi connectivity index (χ1v) is 4.43. The van der Waals surface area contributed by atoms with Crippen LogP contribution in [-0.2, 0) is 9.53 Å². The van der Waals surface area contributed by atoms with Crippen molar-refractivity contribution in [1.82, 2.24) is 0 Å². The van der Waals surface area contributed by atoms with E-state index in [2.05, 4.69) is 12.1 Å². The number of methoxy groups -OCH3 is 1. The van der Waals surface area contributed by atoms with Crippen molar-refractivity contribution in [2.75, 3.05) is 7.11 Å². The van der Waals surface area contributed by atoms with Crippen LogP contribution in [0.25, 0.3) is 0 Å². The van der Waals surface area contributed by atoms with E-state index in [1.807, 2.05) is 6.08 Å². The van der Waals surface area contributed by atoms with E-state index >= 15 is 0 Å². The predicted molar refractivity (Wildman–Crippen MR) is 45.3 cm³/mol. The van der Waals surface area contributed by atoms with E-state index in [9.17, 15) is 4.79 Å². The second kappa shape index (κ2) is 2.88. The lowest BCUT2D eigenvalue weighted by atomic mass is 9.84. The van der Waals surface area contributed by atoms with Gasteiger partial charge in [0.25, 0.3) is 0 Å². The average Bonchev–Trinajstić information content (AvgIpc) is 2.74. The number of fused-ring (bicyclic) bond motifs is 2. The molecule has 4 atom stereocenters. The summed E-state index contributed by atoms with van der Waals surface area (Å²) >= 11 is 0. The van der Waals surface area contributed by atoms with Crippen molar-refractivity contribution in [2.24, 2.45) is 23.7 Å². The fourth-order valence-corrected chi connectivity index (χ4v) is 2.46. The third kappa shape index (κ3) is 1.06. The van der Waals surface area contributed by atoms with Crippen LogP contribution in [0.5, 0.6) is 0 Å². The molecule has 0 spiro atoms. The van der Waals surface area contributed by atoms with Crippen LogP contribution in [-0.4, -0.2) is 13.1 Å². The Morgan fingerprint density at radius 1 is 1.54 bits per heavy atom. The smallest absolute Gasteiger partial charge is 0.310 e. The third-order valence-electron chi connectivity index (χ3n) is 3.08. The lowest BCUT2D eigenvalue weighted by Gasteiger charge is -2.19. The van der Waals surface area contributed by atoms with E-state index < -0.39 is 0 Å². The molecule has 0 N–H and O–H groups in total.